The first kappa shape index (κ1) is 18.8. The smallest absolute Gasteiger partial charge is 0.254 e. The normalized spacial score (nSPS) is 16.0. The molecule has 1 amide bonds. The molecule has 2 aromatic carbocycles. The van der Waals surface area contributed by atoms with Crippen molar-refractivity contribution in [1.82, 2.24) is 24.6 Å². The van der Waals surface area contributed by atoms with Crippen LogP contribution in [0.5, 0.6) is 0 Å². The van der Waals surface area contributed by atoms with Crippen LogP contribution in [-0.4, -0.2) is 37.1 Å². The van der Waals surface area contributed by atoms with Crippen LogP contribution in [0.4, 0.5) is 0 Å². The fourth-order valence-electron chi connectivity index (χ4n) is 4.28. The van der Waals surface area contributed by atoms with Gasteiger partial charge in [0.1, 0.15) is 0 Å². The fraction of sp³-hybridized carbons (Fsp3) is 0.217. The van der Waals surface area contributed by atoms with Crippen LogP contribution >= 0.6 is 11.6 Å². The van der Waals surface area contributed by atoms with Crippen molar-refractivity contribution in [2.75, 3.05) is 6.54 Å². The van der Waals surface area contributed by atoms with E-state index in [1.807, 2.05) is 66.0 Å². The van der Waals surface area contributed by atoms with Gasteiger partial charge in [-0.2, -0.15) is 5.10 Å². The summed E-state index contributed by atoms with van der Waals surface area (Å²) in [7, 11) is 1.94. The van der Waals surface area contributed by atoms with Crippen molar-refractivity contribution in [3.05, 3.63) is 76.7 Å². The number of fused-ring (bicyclic) bond motifs is 2. The highest BCUT2D eigenvalue weighted by Crippen LogP contribution is 2.36. The lowest BCUT2D eigenvalue weighted by Crippen LogP contribution is -2.38. The quantitative estimate of drug-likeness (QED) is 0.483. The summed E-state index contributed by atoms with van der Waals surface area (Å²) in [6, 6.07) is 13.1. The molecule has 0 spiro atoms. The summed E-state index contributed by atoms with van der Waals surface area (Å²) in [6.45, 7) is 2.66. The molecule has 1 aliphatic rings. The highest BCUT2D eigenvalue weighted by Gasteiger charge is 2.33. The summed E-state index contributed by atoms with van der Waals surface area (Å²) in [5.74, 6) is -0.0179. The van der Waals surface area contributed by atoms with E-state index in [1.54, 1.807) is 12.4 Å². The van der Waals surface area contributed by atoms with E-state index in [0.717, 1.165) is 34.4 Å². The molecule has 0 radical (unpaired) electrons. The van der Waals surface area contributed by atoms with Crippen LogP contribution in [-0.2, 0) is 13.5 Å². The average molecular weight is 418 g/mol. The summed E-state index contributed by atoms with van der Waals surface area (Å²) in [5.41, 5.74) is 6.33. The zero-order chi connectivity index (χ0) is 20.8. The molecule has 4 aromatic rings. The van der Waals surface area contributed by atoms with Crippen LogP contribution in [0.1, 0.15) is 34.6 Å². The van der Waals surface area contributed by atoms with Crippen molar-refractivity contribution < 1.29 is 4.79 Å². The van der Waals surface area contributed by atoms with Crippen LogP contribution in [0.2, 0.25) is 5.02 Å². The van der Waals surface area contributed by atoms with Gasteiger partial charge in [-0.05, 0) is 43.7 Å². The van der Waals surface area contributed by atoms with E-state index in [0.29, 0.717) is 17.1 Å². The van der Waals surface area contributed by atoms with Crippen molar-refractivity contribution in [3.63, 3.8) is 0 Å². The predicted molar refractivity (Wildman–Crippen MR) is 116 cm³/mol. The van der Waals surface area contributed by atoms with E-state index in [2.05, 4.69) is 9.97 Å². The van der Waals surface area contributed by atoms with Crippen LogP contribution in [0.3, 0.4) is 0 Å². The van der Waals surface area contributed by atoms with E-state index >= 15 is 0 Å². The molecule has 5 rings (SSSR count). The Morgan fingerprint density at radius 3 is 2.70 bits per heavy atom. The monoisotopic (exact) mass is 417 g/mol. The number of aryl methyl sites for hydroxylation is 1. The Morgan fingerprint density at radius 2 is 1.90 bits per heavy atom. The molecular formula is C23H20ClN5O. The Hall–Kier alpha value is -3.25. The predicted octanol–water partition coefficient (Wildman–Crippen LogP) is 4.44. The van der Waals surface area contributed by atoms with Gasteiger partial charge >= 0.3 is 0 Å². The van der Waals surface area contributed by atoms with Gasteiger partial charge in [-0.25, -0.2) is 0 Å². The molecule has 1 atom stereocenters. The highest BCUT2D eigenvalue weighted by molar-refractivity contribution is 6.30. The molecule has 150 valence electrons. The van der Waals surface area contributed by atoms with Crippen molar-refractivity contribution >= 4 is 28.5 Å². The SMILES string of the molecule is CC1c2nn(C)c(-c3cccc(Cl)c3)c2CCN1C(=O)c1ccc2nccnc2c1. The number of halogens is 1. The molecule has 1 unspecified atom stereocenters. The zero-order valence-electron chi connectivity index (χ0n) is 16.7. The third-order valence-corrected chi connectivity index (χ3v) is 5.95. The summed E-state index contributed by atoms with van der Waals surface area (Å²) in [6.07, 6.45) is 4.03. The zero-order valence-corrected chi connectivity index (χ0v) is 17.5. The van der Waals surface area contributed by atoms with Crippen molar-refractivity contribution in [2.24, 2.45) is 7.05 Å². The molecular weight excluding hydrogens is 398 g/mol. The minimum atomic E-state index is -0.127. The van der Waals surface area contributed by atoms with Gasteiger partial charge in [0.05, 0.1) is 28.5 Å². The summed E-state index contributed by atoms with van der Waals surface area (Å²) >= 11 is 6.21. The average Bonchev–Trinajstić information content (AvgIpc) is 3.10. The van der Waals surface area contributed by atoms with Gasteiger partial charge in [-0.3, -0.25) is 19.4 Å². The van der Waals surface area contributed by atoms with E-state index in [9.17, 15) is 4.79 Å². The van der Waals surface area contributed by atoms with Crippen molar-refractivity contribution in [3.8, 4) is 11.3 Å². The minimum absolute atomic E-state index is 0.0179. The second-order valence-electron chi connectivity index (χ2n) is 7.53. The lowest BCUT2D eigenvalue weighted by atomic mass is 9.95. The van der Waals surface area contributed by atoms with Crippen LogP contribution < -0.4 is 0 Å². The number of rotatable bonds is 2. The standard InChI is InChI=1S/C23H20ClN5O/c1-14-21-18(22(28(2)27-21)15-4-3-5-17(24)12-15)8-11-29(14)23(30)16-6-7-19-20(13-16)26-10-9-25-19/h3-7,9-10,12-14H,8,11H2,1-2H3. The summed E-state index contributed by atoms with van der Waals surface area (Å²) < 4.78 is 1.90. The Morgan fingerprint density at radius 1 is 1.10 bits per heavy atom. The van der Waals surface area contributed by atoms with Crippen LogP contribution in [0.15, 0.2) is 54.9 Å². The minimum Gasteiger partial charge on any atom is -0.330 e. The highest BCUT2D eigenvalue weighted by atomic mass is 35.5. The second-order valence-corrected chi connectivity index (χ2v) is 7.97. The van der Waals surface area contributed by atoms with Crippen molar-refractivity contribution in [1.29, 1.82) is 0 Å². The van der Waals surface area contributed by atoms with Gasteiger partial charge in [-0.1, -0.05) is 23.7 Å². The molecule has 1 aliphatic heterocycles. The number of hydrogen-bond donors (Lipinski definition) is 0. The van der Waals surface area contributed by atoms with Gasteiger partial charge in [-0.15, -0.1) is 0 Å². The molecule has 3 heterocycles. The molecule has 0 bridgehead atoms. The van der Waals surface area contributed by atoms with E-state index in [-0.39, 0.29) is 11.9 Å². The maximum absolute atomic E-state index is 13.3. The fourth-order valence-corrected chi connectivity index (χ4v) is 4.47. The first-order chi connectivity index (χ1) is 14.5. The van der Waals surface area contributed by atoms with Gasteiger partial charge in [0, 0.05) is 47.7 Å². The number of aromatic nitrogens is 4. The lowest BCUT2D eigenvalue weighted by molar-refractivity contribution is 0.0674. The molecule has 0 N–H and O–H groups in total. The third-order valence-electron chi connectivity index (χ3n) is 5.72. The maximum atomic E-state index is 13.3. The molecule has 2 aromatic heterocycles. The number of carbonyl (C=O) groups is 1. The Balaban J connectivity index is 1.50. The molecule has 0 saturated heterocycles. The molecule has 7 heteroatoms. The molecule has 0 fully saturated rings. The Bertz CT molecular complexity index is 1280. The Kier molecular flexibility index (Phi) is 4.51. The third kappa shape index (κ3) is 3.04. The van der Waals surface area contributed by atoms with Crippen LogP contribution in [0.25, 0.3) is 22.3 Å². The number of nitrogens with zero attached hydrogens (tertiary/aromatic N) is 5. The van der Waals surface area contributed by atoms with E-state index in [1.165, 1.54) is 5.56 Å². The number of carbonyl (C=O) groups excluding carboxylic acids is 1. The molecule has 0 saturated carbocycles. The van der Waals surface area contributed by atoms with Gasteiger partial charge in [0.2, 0.25) is 0 Å². The Labute approximate surface area is 179 Å². The van der Waals surface area contributed by atoms with E-state index in [4.69, 9.17) is 16.7 Å². The summed E-state index contributed by atoms with van der Waals surface area (Å²) in [4.78, 5) is 23.8. The van der Waals surface area contributed by atoms with Crippen molar-refractivity contribution in [2.45, 2.75) is 19.4 Å². The lowest BCUT2D eigenvalue weighted by Gasteiger charge is -2.33. The molecule has 30 heavy (non-hydrogen) atoms. The topological polar surface area (TPSA) is 63.9 Å². The van der Waals surface area contributed by atoms with Crippen LogP contribution in [0, 0.1) is 0 Å². The number of amides is 1. The first-order valence-corrected chi connectivity index (χ1v) is 10.2. The van der Waals surface area contributed by atoms with Gasteiger partial charge in [0.25, 0.3) is 5.91 Å². The van der Waals surface area contributed by atoms with E-state index < -0.39 is 0 Å². The second kappa shape index (κ2) is 7.22. The van der Waals surface area contributed by atoms with Gasteiger partial charge < -0.3 is 4.90 Å². The molecule has 6 nitrogen and oxygen atoms in total. The number of benzene rings is 2. The first-order valence-electron chi connectivity index (χ1n) is 9.86. The number of hydrogen-bond acceptors (Lipinski definition) is 4. The summed E-state index contributed by atoms with van der Waals surface area (Å²) in [5, 5.41) is 5.47. The molecule has 0 aliphatic carbocycles. The maximum Gasteiger partial charge on any atom is 0.254 e. The van der Waals surface area contributed by atoms with Gasteiger partial charge in [0.15, 0.2) is 0 Å². The largest absolute Gasteiger partial charge is 0.330 e.